The van der Waals surface area contributed by atoms with Crippen LogP contribution < -0.4 is 0 Å². The monoisotopic (exact) mass is 320 g/mol. The van der Waals surface area contributed by atoms with Crippen LogP contribution in [0.2, 0.25) is 0 Å². The molecular formula is C18H12N2S2. The van der Waals surface area contributed by atoms with E-state index in [0.717, 1.165) is 17.0 Å². The van der Waals surface area contributed by atoms with Gasteiger partial charge in [-0.05, 0) is 58.3 Å². The molecule has 0 aliphatic heterocycles. The summed E-state index contributed by atoms with van der Waals surface area (Å²) in [5, 5.41) is 4.17. The largest absolute Gasteiger partial charge is 0.265 e. The van der Waals surface area contributed by atoms with Crippen molar-refractivity contribution < 1.29 is 0 Å². The van der Waals surface area contributed by atoms with Gasteiger partial charge in [0.25, 0.3) is 0 Å². The number of hydrogen-bond acceptors (Lipinski definition) is 4. The van der Waals surface area contributed by atoms with E-state index in [-0.39, 0.29) is 0 Å². The summed E-state index contributed by atoms with van der Waals surface area (Å²) in [6.45, 7) is 0. The van der Waals surface area contributed by atoms with Crippen LogP contribution in [0.5, 0.6) is 0 Å². The predicted molar refractivity (Wildman–Crippen MR) is 94.1 cm³/mol. The molecule has 22 heavy (non-hydrogen) atoms. The third-order valence-corrected chi connectivity index (χ3v) is 5.17. The van der Waals surface area contributed by atoms with Gasteiger partial charge in [-0.2, -0.15) is 0 Å². The molecule has 0 aliphatic rings. The fraction of sp³-hybridized carbons (Fsp3) is 0. The van der Waals surface area contributed by atoms with Gasteiger partial charge in [0.15, 0.2) is 0 Å². The molecule has 0 saturated carbocycles. The average molecular weight is 320 g/mol. The summed E-state index contributed by atoms with van der Waals surface area (Å²) in [6.07, 6.45) is 3.65. The molecule has 4 heteroatoms. The predicted octanol–water partition coefficient (Wildman–Crippen LogP) is 5.60. The molecular weight excluding hydrogens is 308 g/mol. The minimum absolute atomic E-state index is 1.02. The van der Waals surface area contributed by atoms with Crippen LogP contribution in [0.25, 0.3) is 32.3 Å². The van der Waals surface area contributed by atoms with Crippen molar-refractivity contribution in [3.8, 4) is 32.3 Å². The van der Waals surface area contributed by atoms with Crippen molar-refractivity contribution in [1.29, 1.82) is 0 Å². The summed E-state index contributed by atoms with van der Waals surface area (Å²) in [5.41, 5.74) is 4.37. The van der Waals surface area contributed by atoms with E-state index < -0.39 is 0 Å². The molecule has 0 spiro atoms. The number of thiophene rings is 2. The molecule has 0 N–H and O–H groups in total. The first kappa shape index (κ1) is 13.4. The molecule has 0 radical (unpaired) electrons. The van der Waals surface area contributed by atoms with Gasteiger partial charge < -0.3 is 0 Å². The Morgan fingerprint density at radius 1 is 0.682 bits per heavy atom. The van der Waals surface area contributed by atoms with Gasteiger partial charge in [-0.15, -0.1) is 22.7 Å². The molecule has 0 aromatic carbocycles. The van der Waals surface area contributed by atoms with Crippen molar-refractivity contribution in [3.63, 3.8) is 0 Å². The first-order chi connectivity index (χ1) is 10.9. The maximum absolute atomic E-state index is 4.85. The fourth-order valence-corrected chi connectivity index (χ4v) is 3.72. The highest BCUT2D eigenvalue weighted by molar-refractivity contribution is 7.13. The van der Waals surface area contributed by atoms with Gasteiger partial charge in [0.05, 0.1) is 21.1 Å². The van der Waals surface area contributed by atoms with E-state index in [1.54, 1.807) is 22.7 Å². The topological polar surface area (TPSA) is 25.8 Å². The van der Waals surface area contributed by atoms with Crippen molar-refractivity contribution in [3.05, 3.63) is 71.7 Å². The zero-order chi connectivity index (χ0) is 14.8. The SMILES string of the molecule is c1csc(-c2cc(-c3ccncc3)cc(-c3cccs3)n2)c1. The standard InChI is InChI=1S/C18H12N2S2/c1-3-17(21-9-1)15-11-14(13-5-7-19-8-6-13)12-16(20-15)18-4-2-10-22-18/h1-12H. The molecule has 0 saturated heterocycles. The molecule has 4 aromatic heterocycles. The summed E-state index contributed by atoms with van der Waals surface area (Å²) in [7, 11) is 0. The average Bonchev–Trinajstić information content (AvgIpc) is 3.29. The lowest BCUT2D eigenvalue weighted by Gasteiger charge is -2.07. The Hall–Kier alpha value is -2.30. The molecule has 0 unspecified atom stereocenters. The van der Waals surface area contributed by atoms with E-state index in [0.29, 0.717) is 0 Å². The van der Waals surface area contributed by atoms with Gasteiger partial charge >= 0.3 is 0 Å². The minimum Gasteiger partial charge on any atom is -0.265 e. The van der Waals surface area contributed by atoms with Crippen molar-refractivity contribution in [2.24, 2.45) is 0 Å². The fourth-order valence-electron chi connectivity index (χ4n) is 2.34. The molecule has 0 atom stereocenters. The third-order valence-electron chi connectivity index (χ3n) is 3.39. The van der Waals surface area contributed by atoms with E-state index in [4.69, 9.17) is 4.98 Å². The second kappa shape index (κ2) is 5.83. The summed E-state index contributed by atoms with van der Waals surface area (Å²) in [5.74, 6) is 0. The number of nitrogens with zero attached hydrogens (tertiary/aromatic N) is 2. The molecule has 2 nitrogen and oxygen atoms in total. The lowest BCUT2D eigenvalue weighted by Crippen LogP contribution is -1.88. The highest BCUT2D eigenvalue weighted by Gasteiger charge is 2.09. The lowest BCUT2D eigenvalue weighted by atomic mass is 10.1. The highest BCUT2D eigenvalue weighted by Crippen LogP contribution is 2.33. The molecule has 0 amide bonds. The Balaban J connectivity index is 1.91. The second-order valence-corrected chi connectivity index (χ2v) is 6.71. The Labute approximate surface area is 136 Å². The van der Waals surface area contributed by atoms with Crippen LogP contribution in [0.3, 0.4) is 0 Å². The molecule has 0 bridgehead atoms. The Morgan fingerprint density at radius 3 is 1.77 bits per heavy atom. The first-order valence-electron chi connectivity index (χ1n) is 6.90. The zero-order valence-corrected chi connectivity index (χ0v) is 13.3. The molecule has 0 aliphatic carbocycles. The maximum Gasteiger partial charge on any atom is 0.0815 e. The van der Waals surface area contributed by atoms with Gasteiger partial charge in [0.2, 0.25) is 0 Å². The van der Waals surface area contributed by atoms with Crippen molar-refractivity contribution in [2.45, 2.75) is 0 Å². The van der Waals surface area contributed by atoms with Crippen LogP contribution in [0, 0.1) is 0 Å². The molecule has 4 heterocycles. The number of rotatable bonds is 3. The molecule has 4 aromatic rings. The Morgan fingerprint density at radius 2 is 1.27 bits per heavy atom. The van der Waals surface area contributed by atoms with Crippen molar-refractivity contribution >= 4 is 22.7 Å². The van der Waals surface area contributed by atoms with Gasteiger partial charge in [-0.3, -0.25) is 4.98 Å². The van der Waals surface area contributed by atoms with Gasteiger partial charge in [-0.25, -0.2) is 4.98 Å². The van der Waals surface area contributed by atoms with Gasteiger partial charge in [-0.1, -0.05) is 12.1 Å². The van der Waals surface area contributed by atoms with E-state index in [9.17, 15) is 0 Å². The van der Waals surface area contributed by atoms with Gasteiger partial charge in [0.1, 0.15) is 0 Å². The quantitative estimate of drug-likeness (QED) is 0.491. The van der Waals surface area contributed by atoms with Crippen LogP contribution in [0.1, 0.15) is 0 Å². The zero-order valence-electron chi connectivity index (χ0n) is 11.6. The molecule has 0 fully saturated rings. The summed E-state index contributed by atoms with van der Waals surface area (Å²) < 4.78 is 0. The van der Waals surface area contributed by atoms with Gasteiger partial charge in [0, 0.05) is 12.4 Å². The van der Waals surface area contributed by atoms with Crippen molar-refractivity contribution in [2.75, 3.05) is 0 Å². The number of aromatic nitrogens is 2. The Kier molecular flexibility index (Phi) is 3.54. The molecule has 106 valence electrons. The van der Waals surface area contributed by atoms with Crippen LogP contribution in [-0.4, -0.2) is 9.97 Å². The third kappa shape index (κ3) is 2.58. The second-order valence-electron chi connectivity index (χ2n) is 4.82. The number of hydrogen-bond donors (Lipinski definition) is 0. The smallest absolute Gasteiger partial charge is 0.0815 e. The van der Waals surface area contributed by atoms with Crippen LogP contribution in [-0.2, 0) is 0 Å². The van der Waals surface area contributed by atoms with E-state index in [1.807, 2.05) is 24.5 Å². The Bertz CT molecular complexity index is 814. The summed E-state index contributed by atoms with van der Waals surface area (Å²) >= 11 is 3.43. The van der Waals surface area contributed by atoms with Crippen LogP contribution in [0.4, 0.5) is 0 Å². The van der Waals surface area contributed by atoms with Crippen LogP contribution >= 0.6 is 22.7 Å². The summed E-state index contributed by atoms with van der Waals surface area (Å²) in [6, 6.07) is 16.7. The lowest BCUT2D eigenvalue weighted by molar-refractivity contribution is 1.32. The van der Waals surface area contributed by atoms with E-state index >= 15 is 0 Å². The van der Waals surface area contributed by atoms with Crippen molar-refractivity contribution in [1.82, 2.24) is 9.97 Å². The van der Waals surface area contributed by atoms with E-state index in [2.05, 4.69) is 52.1 Å². The highest BCUT2D eigenvalue weighted by atomic mass is 32.1. The number of pyridine rings is 2. The summed E-state index contributed by atoms with van der Waals surface area (Å²) in [4.78, 5) is 11.3. The first-order valence-corrected chi connectivity index (χ1v) is 8.66. The van der Waals surface area contributed by atoms with Crippen LogP contribution in [0.15, 0.2) is 71.7 Å². The minimum atomic E-state index is 1.02. The normalized spacial score (nSPS) is 10.7. The van der Waals surface area contributed by atoms with E-state index in [1.165, 1.54) is 15.3 Å². The maximum atomic E-state index is 4.85. The molecule has 4 rings (SSSR count).